The molecule has 0 amide bonds. The first kappa shape index (κ1) is 7.62. The quantitative estimate of drug-likeness (QED) is 0.709. The van der Waals surface area contributed by atoms with E-state index >= 15 is 0 Å². The Hall–Kier alpha value is -2.02. The lowest BCUT2D eigenvalue weighted by molar-refractivity contribution is 0.419. The highest BCUT2D eigenvalue weighted by Crippen LogP contribution is 2.25. The number of rotatable bonds is 1. The Labute approximate surface area is 74.8 Å². The number of aromatic nitrogens is 2. The Balaban J connectivity index is 2.85. The Morgan fingerprint density at radius 1 is 1.62 bits per heavy atom. The first-order valence-electron chi connectivity index (χ1n) is 3.77. The molecule has 4 nitrogen and oxygen atoms in total. The SMILES string of the molecule is COc1ccnc2[nH]cc(C#N)c12. The summed E-state index contributed by atoms with van der Waals surface area (Å²) in [5.74, 6) is 0.669. The van der Waals surface area contributed by atoms with Crippen LogP contribution in [0, 0.1) is 11.3 Å². The predicted octanol–water partition coefficient (Wildman–Crippen LogP) is 1.44. The molecule has 13 heavy (non-hydrogen) atoms. The summed E-state index contributed by atoms with van der Waals surface area (Å²) in [6, 6.07) is 3.81. The lowest BCUT2D eigenvalue weighted by atomic mass is 10.2. The molecule has 0 atom stereocenters. The molecule has 0 aliphatic heterocycles. The molecule has 0 bridgehead atoms. The topological polar surface area (TPSA) is 61.7 Å². The Bertz CT molecular complexity index is 481. The fraction of sp³-hybridized carbons (Fsp3) is 0.111. The van der Waals surface area contributed by atoms with Crippen molar-refractivity contribution in [3.05, 3.63) is 24.0 Å². The van der Waals surface area contributed by atoms with Gasteiger partial charge < -0.3 is 9.72 Å². The Morgan fingerprint density at radius 3 is 3.15 bits per heavy atom. The highest BCUT2D eigenvalue weighted by molar-refractivity contribution is 5.88. The maximum absolute atomic E-state index is 8.79. The summed E-state index contributed by atoms with van der Waals surface area (Å²) in [4.78, 5) is 6.97. The molecule has 1 N–H and O–H groups in total. The molecule has 0 unspecified atom stereocenters. The van der Waals surface area contributed by atoms with Crippen molar-refractivity contribution < 1.29 is 4.74 Å². The minimum Gasteiger partial charge on any atom is -0.496 e. The van der Waals surface area contributed by atoms with Crippen LogP contribution < -0.4 is 4.74 Å². The minimum atomic E-state index is 0.556. The van der Waals surface area contributed by atoms with Gasteiger partial charge in [0.1, 0.15) is 17.5 Å². The van der Waals surface area contributed by atoms with Crippen molar-refractivity contribution in [3.8, 4) is 11.8 Å². The van der Waals surface area contributed by atoms with Crippen molar-refractivity contribution in [3.63, 3.8) is 0 Å². The number of nitrogens with one attached hydrogen (secondary N) is 1. The smallest absolute Gasteiger partial charge is 0.142 e. The molecule has 0 fully saturated rings. The van der Waals surface area contributed by atoms with Gasteiger partial charge in [-0.15, -0.1) is 0 Å². The van der Waals surface area contributed by atoms with Crippen molar-refractivity contribution in [2.75, 3.05) is 7.11 Å². The zero-order valence-corrected chi connectivity index (χ0v) is 7.03. The van der Waals surface area contributed by atoms with Crippen LogP contribution in [0.3, 0.4) is 0 Å². The van der Waals surface area contributed by atoms with Gasteiger partial charge in [0.15, 0.2) is 0 Å². The van der Waals surface area contributed by atoms with Crippen molar-refractivity contribution in [1.82, 2.24) is 9.97 Å². The lowest BCUT2D eigenvalue weighted by Gasteiger charge is -1.99. The van der Waals surface area contributed by atoms with Crippen LogP contribution in [0.4, 0.5) is 0 Å². The average Bonchev–Trinajstić information content (AvgIpc) is 2.60. The molecule has 2 rings (SSSR count). The van der Waals surface area contributed by atoms with E-state index in [1.165, 1.54) is 0 Å². The maximum atomic E-state index is 8.79. The number of H-pyrrole nitrogens is 1. The third-order valence-electron chi connectivity index (χ3n) is 1.88. The molecular weight excluding hydrogens is 166 g/mol. The largest absolute Gasteiger partial charge is 0.496 e. The fourth-order valence-corrected chi connectivity index (χ4v) is 1.28. The van der Waals surface area contributed by atoms with Gasteiger partial charge in [-0.1, -0.05) is 0 Å². The number of ether oxygens (including phenoxy) is 1. The molecule has 2 heterocycles. The highest BCUT2D eigenvalue weighted by atomic mass is 16.5. The second-order valence-electron chi connectivity index (χ2n) is 2.55. The number of nitrogens with zero attached hydrogens (tertiary/aromatic N) is 2. The molecule has 4 heteroatoms. The number of nitriles is 1. The molecule has 0 saturated carbocycles. The van der Waals surface area contributed by atoms with E-state index < -0.39 is 0 Å². The van der Waals surface area contributed by atoms with Crippen LogP contribution >= 0.6 is 0 Å². The van der Waals surface area contributed by atoms with Crippen molar-refractivity contribution in [2.24, 2.45) is 0 Å². The van der Waals surface area contributed by atoms with E-state index in [9.17, 15) is 0 Å². The van der Waals surface area contributed by atoms with Gasteiger partial charge >= 0.3 is 0 Å². The molecule has 0 aromatic carbocycles. The predicted molar refractivity (Wildman–Crippen MR) is 47.4 cm³/mol. The standard InChI is InChI=1S/C9H7N3O/c1-13-7-2-3-11-9-8(7)6(4-10)5-12-9/h2-3,5H,1H3,(H,11,12). The number of hydrogen-bond donors (Lipinski definition) is 1. The molecule has 0 aliphatic carbocycles. The van der Waals surface area contributed by atoms with Gasteiger partial charge in [-0.2, -0.15) is 5.26 Å². The average molecular weight is 173 g/mol. The molecule has 2 aromatic heterocycles. The number of fused-ring (bicyclic) bond motifs is 1. The molecule has 0 saturated heterocycles. The van der Waals surface area contributed by atoms with Gasteiger partial charge in [0.2, 0.25) is 0 Å². The molecule has 0 radical (unpaired) electrons. The first-order chi connectivity index (χ1) is 6.36. The highest BCUT2D eigenvalue weighted by Gasteiger charge is 2.08. The van der Waals surface area contributed by atoms with E-state index in [4.69, 9.17) is 10.00 Å². The van der Waals surface area contributed by atoms with Crippen molar-refractivity contribution in [1.29, 1.82) is 5.26 Å². The number of aromatic amines is 1. The van der Waals surface area contributed by atoms with Crippen LogP contribution in [0.1, 0.15) is 5.56 Å². The zero-order valence-electron chi connectivity index (χ0n) is 7.03. The number of methoxy groups -OCH3 is 1. The van der Waals surface area contributed by atoms with Crippen molar-refractivity contribution >= 4 is 11.0 Å². The van der Waals surface area contributed by atoms with Crippen LogP contribution in [0.2, 0.25) is 0 Å². The number of pyridine rings is 1. The van der Waals surface area contributed by atoms with Crippen LogP contribution in [-0.2, 0) is 0 Å². The van der Waals surface area contributed by atoms with Crippen molar-refractivity contribution in [2.45, 2.75) is 0 Å². The van der Waals surface area contributed by atoms with E-state index in [2.05, 4.69) is 16.0 Å². The molecule has 64 valence electrons. The summed E-state index contributed by atoms with van der Waals surface area (Å²) in [6.45, 7) is 0. The van der Waals surface area contributed by atoms with Gasteiger partial charge in [-0.05, 0) is 6.07 Å². The second kappa shape index (κ2) is 2.79. The summed E-state index contributed by atoms with van der Waals surface area (Å²) >= 11 is 0. The first-order valence-corrected chi connectivity index (χ1v) is 3.77. The summed E-state index contributed by atoms with van der Waals surface area (Å²) in [5, 5.41) is 9.53. The Kier molecular flexibility index (Phi) is 1.64. The van der Waals surface area contributed by atoms with Crippen LogP contribution in [0.15, 0.2) is 18.5 Å². The molecular formula is C9H7N3O. The monoisotopic (exact) mass is 173 g/mol. The zero-order chi connectivity index (χ0) is 9.26. The summed E-state index contributed by atoms with van der Waals surface area (Å²) in [7, 11) is 1.57. The van der Waals surface area contributed by atoms with Crippen LogP contribution in [-0.4, -0.2) is 17.1 Å². The van der Waals surface area contributed by atoms with Crippen LogP contribution in [0.5, 0.6) is 5.75 Å². The van der Waals surface area contributed by atoms with E-state index in [0.29, 0.717) is 17.0 Å². The van der Waals surface area contributed by atoms with Gasteiger partial charge in [0.05, 0.1) is 18.1 Å². The van der Waals surface area contributed by atoms with E-state index in [-0.39, 0.29) is 0 Å². The van der Waals surface area contributed by atoms with E-state index in [1.807, 2.05) is 0 Å². The maximum Gasteiger partial charge on any atom is 0.142 e. The summed E-state index contributed by atoms with van der Waals surface area (Å²) in [6.07, 6.45) is 3.26. The second-order valence-corrected chi connectivity index (χ2v) is 2.55. The molecule has 0 spiro atoms. The normalized spacial score (nSPS) is 9.85. The lowest BCUT2D eigenvalue weighted by Crippen LogP contribution is -1.85. The Morgan fingerprint density at radius 2 is 2.46 bits per heavy atom. The fourth-order valence-electron chi connectivity index (χ4n) is 1.28. The number of hydrogen-bond acceptors (Lipinski definition) is 3. The third-order valence-corrected chi connectivity index (χ3v) is 1.88. The summed E-state index contributed by atoms with van der Waals surface area (Å²) < 4.78 is 5.12. The van der Waals surface area contributed by atoms with Gasteiger partial charge in [-0.3, -0.25) is 0 Å². The minimum absolute atomic E-state index is 0.556. The van der Waals surface area contributed by atoms with E-state index in [1.54, 1.807) is 25.6 Å². The molecule has 2 aromatic rings. The molecule has 0 aliphatic rings. The third kappa shape index (κ3) is 1.02. The van der Waals surface area contributed by atoms with Crippen LogP contribution in [0.25, 0.3) is 11.0 Å². The van der Waals surface area contributed by atoms with E-state index in [0.717, 1.165) is 5.39 Å². The van der Waals surface area contributed by atoms with Gasteiger partial charge in [0.25, 0.3) is 0 Å². The summed E-state index contributed by atoms with van der Waals surface area (Å²) in [5.41, 5.74) is 1.23. The van der Waals surface area contributed by atoms with Gasteiger partial charge in [0, 0.05) is 12.4 Å². The van der Waals surface area contributed by atoms with Gasteiger partial charge in [-0.25, -0.2) is 4.98 Å².